The highest BCUT2D eigenvalue weighted by atomic mass is 127. The van der Waals surface area contributed by atoms with Gasteiger partial charge in [-0.05, 0) is 42.3 Å². The van der Waals surface area contributed by atoms with E-state index in [1.165, 1.54) is 15.0 Å². The lowest BCUT2D eigenvalue weighted by molar-refractivity contribution is 0.191. The quantitative estimate of drug-likeness (QED) is 0.256. The Bertz CT molecular complexity index is 784. The average molecular weight is 501 g/mol. The van der Waals surface area contributed by atoms with Gasteiger partial charge in [-0.1, -0.05) is 24.3 Å². The summed E-state index contributed by atoms with van der Waals surface area (Å²) in [4.78, 5) is 6.85. The maximum absolute atomic E-state index is 10.5. The Kier molecular flexibility index (Phi) is 8.83. The number of hydrogen-bond donors (Lipinski definition) is 3. The van der Waals surface area contributed by atoms with Gasteiger partial charge in [-0.25, -0.2) is 0 Å². The molecule has 0 aliphatic heterocycles. The molecule has 4 nitrogen and oxygen atoms in total. The maximum atomic E-state index is 10.5. The predicted molar refractivity (Wildman–Crippen MR) is 124 cm³/mol. The second-order valence-electron chi connectivity index (χ2n) is 5.68. The third-order valence-electron chi connectivity index (χ3n) is 3.78. The molecule has 0 saturated carbocycles. The molecule has 0 bridgehead atoms. The van der Waals surface area contributed by atoms with Crippen LogP contribution in [0.4, 0.5) is 0 Å². The van der Waals surface area contributed by atoms with Crippen molar-refractivity contribution in [1.82, 2.24) is 10.6 Å². The van der Waals surface area contributed by atoms with Gasteiger partial charge in [0.25, 0.3) is 0 Å². The van der Waals surface area contributed by atoms with Crippen molar-refractivity contribution in [2.75, 3.05) is 19.6 Å². The first-order valence-corrected chi connectivity index (χ1v) is 10.2. The molecule has 1 atom stereocenters. The van der Waals surface area contributed by atoms with Gasteiger partial charge in [0.2, 0.25) is 0 Å². The molecule has 2 heterocycles. The lowest BCUT2D eigenvalue weighted by Crippen LogP contribution is -2.38. The van der Waals surface area contributed by atoms with Gasteiger partial charge in [-0.15, -0.1) is 46.7 Å². The Hall–Kier alpha value is -1.16. The van der Waals surface area contributed by atoms with Crippen molar-refractivity contribution in [3.8, 4) is 0 Å². The molecular formula is C19H24IN3OS2. The number of aliphatic hydroxyl groups excluding tert-OH is 1. The zero-order valence-corrected chi connectivity index (χ0v) is 18.6. The maximum Gasteiger partial charge on any atom is 0.191 e. The van der Waals surface area contributed by atoms with E-state index in [4.69, 9.17) is 0 Å². The summed E-state index contributed by atoms with van der Waals surface area (Å²) in [6, 6.07) is 14.5. The summed E-state index contributed by atoms with van der Waals surface area (Å²) < 4.78 is 1.20. The van der Waals surface area contributed by atoms with E-state index < -0.39 is 6.10 Å². The van der Waals surface area contributed by atoms with Crippen LogP contribution < -0.4 is 10.6 Å². The number of fused-ring (bicyclic) bond motifs is 1. The number of nitrogens with one attached hydrogen (secondary N) is 2. The summed E-state index contributed by atoms with van der Waals surface area (Å²) >= 11 is 3.39. The van der Waals surface area contributed by atoms with Crippen LogP contribution in [0.2, 0.25) is 0 Å². The van der Waals surface area contributed by atoms with E-state index in [-0.39, 0.29) is 24.0 Å². The molecule has 2 aromatic heterocycles. The van der Waals surface area contributed by atoms with Crippen molar-refractivity contribution in [2.24, 2.45) is 4.99 Å². The van der Waals surface area contributed by atoms with E-state index in [0.717, 1.165) is 30.3 Å². The first-order valence-electron chi connectivity index (χ1n) is 8.47. The molecule has 3 N–H and O–H groups in total. The summed E-state index contributed by atoms with van der Waals surface area (Å²) in [6.07, 6.45) is 0.395. The number of thiophene rings is 2. The number of benzene rings is 1. The molecule has 3 aromatic rings. The van der Waals surface area contributed by atoms with E-state index in [2.05, 4.69) is 51.3 Å². The van der Waals surface area contributed by atoms with Gasteiger partial charge in [0.05, 0.1) is 6.54 Å². The molecule has 0 spiro atoms. The van der Waals surface area contributed by atoms with Gasteiger partial charge >= 0.3 is 0 Å². The van der Waals surface area contributed by atoms with Crippen LogP contribution in [0.15, 0.2) is 52.8 Å². The SMILES string of the molecule is CCNC(=NCC(O)c1cc2ccccc2s1)NCCc1cccs1.I. The van der Waals surface area contributed by atoms with E-state index in [9.17, 15) is 5.11 Å². The normalized spacial score (nSPS) is 12.6. The highest BCUT2D eigenvalue weighted by Crippen LogP contribution is 2.29. The lowest BCUT2D eigenvalue weighted by atomic mass is 10.2. The molecule has 3 rings (SSSR count). The summed E-state index contributed by atoms with van der Waals surface area (Å²) in [6.45, 7) is 4.01. The Labute approximate surface area is 179 Å². The fourth-order valence-electron chi connectivity index (χ4n) is 2.54. The largest absolute Gasteiger partial charge is 0.386 e. The van der Waals surface area contributed by atoms with Crippen molar-refractivity contribution < 1.29 is 5.11 Å². The Balaban J connectivity index is 0.00000243. The highest BCUT2D eigenvalue weighted by Gasteiger charge is 2.11. The monoisotopic (exact) mass is 501 g/mol. The van der Waals surface area contributed by atoms with Crippen LogP contribution in [-0.4, -0.2) is 30.7 Å². The Morgan fingerprint density at radius 2 is 2.04 bits per heavy atom. The van der Waals surface area contributed by atoms with E-state index in [0.29, 0.717) is 6.54 Å². The van der Waals surface area contributed by atoms with E-state index >= 15 is 0 Å². The van der Waals surface area contributed by atoms with Gasteiger partial charge in [-0.2, -0.15) is 0 Å². The fourth-order valence-corrected chi connectivity index (χ4v) is 4.29. The van der Waals surface area contributed by atoms with E-state index in [1.54, 1.807) is 22.7 Å². The third-order valence-corrected chi connectivity index (χ3v) is 5.94. The van der Waals surface area contributed by atoms with Crippen LogP contribution in [0.5, 0.6) is 0 Å². The van der Waals surface area contributed by atoms with Crippen LogP contribution in [-0.2, 0) is 6.42 Å². The number of aliphatic hydroxyl groups is 1. The molecule has 140 valence electrons. The summed E-state index contributed by atoms with van der Waals surface area (Å²) in [5.41, 5.74) is 0. The second-order valence-corrected chi connectivity index (χ2v) is 7.83. The third kappa shape index (κ3) is 5.94. The number of guanidine groups is 1. The first-order chi connectivity index (χ1) is 12.3. The second kappa shape index (κ2) is 10.9. The number of nitrogens with zero attached hydrogens (tertiary/aromatic N) is 1. The highest BCUT2D eigenvalue weighted by molar-refractivity contribution is 14.0. The smallest absolute Gasteiger partial charge is 0.191 e. The number of halogens is 1. The lowest BCUT2D eigenvalue weighted by Gasteiger charge is -2.12. The van der Waals surface area contributed by atoms with Gasteiger partial charge in [0.1, 0.15) is 6.10 Å². The average Bonchev–Trinajstić information content (AvgIpc) is 3.28. The minimum atomic E-state index is -0.579. The zero-order valence-electron chi connectivity index (χ0n) is 14.6. The molecule has 0 saturated heterocycles. The van der Waals surface area contributed by atoms with Crippen molar-refractivity contribution in [3.05, 3.63) is 57.6 Å². The molecular weight excluding hydrogens is 477 g/mol. The molecule has 0 aliphatic rings. The van der Waals surface area contributed by atoms with Gasteiger partial charge in [0.15, 0.2) is 5.96 Å². The number of rotatable bonds is 7. The molecule has 1 aromatic carbocycles. The molecule has 0 fully saturated rings. The Morgan fingerprint density at radius 1 is 1.19 bits per heavy atom. The first kappa shape index (κ1) is 21.1. The standard InChI is InChI=1S/C19H23N3OS2.HI/c1-2-20-19(21-10-9-15-7-5-11-24-15)22-13-16(23)18-12-14-6-3-4-8-17(14)25-18;/h3-8,11-12,16,23H,2,9-10,13H2,1H3,(H2,20,21,22);1H. The van der Waals surface area contributed by atoms with Crippen LogP contribution in [0, 0.1) is 0 Å². The van der Waals surface area contributed by atoms with E-state index in [1.807, 2.05) is 19.1 Å². The molecule has 0 radical (unpaired) electrons. The van der Waals surface area contributed by atoms with Crippen LogP contribution in [0.25, 0.3) is 10.1 Å². The number of hydrogen-bond acceptors (Lipinski definition) is 4. The summed E-state index contributed by atoms with van der Waals surface area (Å²) in [5.74, 6) is 0.749. The summed E-state index contributed by atoms with van der Waals surface area (Å²) in [5, 5.41) is 20.3. The molecule has 26 heavy (non-hydrogen) atoms. The van der Waals surface area contributed by atoms with Crippen molar-refractivity contribution in [2.45, 2.75) is 19.4 Å². The Morgan fingerprint density at radius 3 is 2.77 bits per heavy atom. The van der Waals surface area contributed by atoms with Crippen molar-refractivity contribution in [3.63, 3.8) is 0 Å². The molecule has 1 unspecified atom stereocenters. The predicted octanol–water partition coefficient (Wildman–Crippen LogP) is 4.41. The fraction of sp³-hybridized carbons (Fsp3) is 0.316. The van der Waals surface area contributed by atoms with Gasteiger partial charge in [0, 0.05) is 27.5 Å². The molecule has 0 aliphatic carbocycles. The number of aliphatic imine (C=N–C) groups is 1. The zero-order chi connectivity index (χ0) is 17.5. The minimum absolute atomic E-state index is 0. The van der Waals surface area contributed by atoms with Crippen molar-refractivity contribution in [1.29, 1.82) is 0 Å². The van der Waals surface area contributed by atoms with Crippen molar-refractivity contribution >= 4 is 62.7 Å². The van der Waals surface area contributed by atoms with Gasteiger partial charge < -0.3 is 15.7 Å². The minimum Gasteiger partial charge on any atom is -0.386 e. The summed E-state index contributed by atoms with van der Waals surface area (Å²) in [7, 11) is 0. The van der Waals surface area contributed by atoms with Crippen LogP contribution in [0.3, 0.4) is 0 Å². The molecule has 7 heteroatoms. The molecule has 0 amide bonds. The van der Waals surface area contributed by atoms with Crippen LogP contribution >= 0.6 is 46.7 Å². The van der Waals surface area contributed by atoms with Gasteiger partial charge in [-0.3, -0.25) is 4.99 Å². The van der Waals surface area contributed by atoms with Crippen LogP contribution in [0.1, 0.15) is 22.8 Å². The topological polar surface area (TPSA) is 56.7 Å².